The number of nitrogens with zero attached hydrogens (tertiary/aromatic N) is 2. The number of amides is 1. The van der Waals surface area contributed by atoms with E-state index >= 15 is 0 Å². The van der Waals surface area contributed by atoms with Gasteiger partial charge in [0.25, 0.3) is 11.6 Å². The molecule has 7 nitrogen and oxygen atoms in total. The fourth-order valence-corrected chi connectivity index (χ4v) is 4.06. The fraction of sp³-hybridized carbons (Fsp3) is 0.0833. The Morgan fingerprint density at radius 2 is 1.72 bits per heavy atom. The largest absolute Gasteiger partial charge is 0.450 e. The Labute approximate surface area is 180 Å². The number of benzene rings is 3. The second kappa shape index (κ2) is 7.42. The van der Waals surface area contributed by atoms with Crippen LogP contribution in [-0.2, 0) is 6.54 Å². The van der Waals surface area contributed by atoms with Crippen LogP contribution < -0.4 is 5.43 Å². The molecule has 0 saturated heterocycles. The first-order valence-electron chi connectivity index (χ1n) is 9.79. The molecular formula is C24H15FN2O5. The molecule has 1 aromatic heterocycles. The molecule has 0 saturated carbocycles. The fourth-order valence-electron chi connectivity index (χ4n) is 4.06. The third-order valence-corrected chi connectivity index (χ3v) is 5.54. The van der Waals surface area contributed by atoms with Crippen molar-refractivity contribution < 1.29 is 18.5 Å². The molecule has 1 amide bonds. The molecule has 1 atom stereocenters. The summed E-state index contributed by atoms with van der Waals surface area (Å²) in [6.45, 7) is 0.190. The quantitative estimate of drug-likeness (QED) is 0.349. The van der Waals surface area contributed by atoms with Crippen LogP contribution in [0.15, 0.2) is 82.0 Å². The van der Waals surface area contributed by atoms with Gasteiger partial charge in [-0.1, -0.05) is 30.3 Å². The van der Waals surface area contributed by atoms with Crippen LogP contribution in [-0.4, -0.2) is 15.7 Å². The number of fused-ring (bicyclic) bond motifs is 2. The molecule has 0 radical (unpaired) electrons. The third kappa shape index (κ3) is 3.13. The number of carbonyl (C=O) groups is 1. The van der Waals surface area contributed by atoms with Crippen LogP contribution in [0.5, 0.6) is 0 Å². The Hall–Kier alpha value is -4.33. The zero-order valence-electron chi connectivity index (χ0n) is 16.5. The number of nitro groups is 1. The number of non-ortho nitro benzene ring substituents is 1. The van der Waals surface area contributed by atoms with Crippen molar-refractivity contribution in [1.82, 2.24) is 4.90 Å². The lowest BCUT2D eigenvalue weighted by Gasteiger charge is -2.25. The molecule has 1 aliphatic rings. The van der Waals surface area contributed by atoms with Crippen LogP contribution in [0.25, 0.3) is 11.0 Å². The number of hydrogen-bond acceptors (Lipinski definition) is 5. The Bertz CT molecular complexity index is 1430. The predicted octanol–water partition coefficient (Wildman–Crippen LogP) is 4.59. The molecule has 5 rings (SSSR count). The topological polar surface area (TPSA) is 93.7 Å². The summed E-state index contributed by atoms with van der Waals surface area (Å²) in [6.07, 6.45) is 0. The number of hydrogen-bond donors (Lipinski definition) is 0. The summed E-state index contributed by atoms with van der Waals surface area (Å²) in [4.78, 5) is 38.7. The van der Waals surface area contributed by atoms with Crippen LogP contribution in [0.1, 0.15) is 33.3 Å². The van der Waals surface area contributed by atoms with Gasteiger partial charge in [0.15, 0.2) is 5.43 Å². The Morgan fingerprint density at radius 3 is 2.41 bits per heavy atom. The summed E-state index contributed by atoms with van der Waals surface area (Å²) in [6, 6.07) is 17.6. The lowest BCUT2D eigenvalue weighted by molar-refractivity contribution is -0.384. The van der Waals surface area contributed by atoms with E-state index in [9.17, 15) is 24.1 Å². The van der Waals surface area contributed by atoms with Gasteiger partial charge in [0.05, 0.1) is 21.9 Å². The van der Waals surface area contributed by atoms with Crippen molar-refractivity contribution in [1.29, 1.82) is 0 Å². The summed E-state index contributed by atoms with van der Waals surface area (Å²) in [5.41, 5.74) is 0.948. The number of carbonyl (C=O) groups excluding carboxylic acids is 1. The molecule has 1 aliphatic heterocycles. The van der Waals surface area contributed by atoms with E-state index in [0.29, 0.717) is 5.56 Å². The summed E-state index contributed by atoms with van der Waals surface area (Å²) in [5, 5.41) is 11.1. The van der Waals surface area contributed by atoms with Gasteiger partial charge in [-0.05, 0) is 41.5 Å². The first-order valence-corrected chi connectivity index (χ1v) is 9.79. The molecule has 0 aliphatic carbocycles. The van der Waals surface area contributed by atoms with Gasteiger partial charge in [0.1, 0.15) is 11.4 Å². The maximum absolute atomic E-state index is 13.8. The lowest BCUT2D eigenvalue weighted by atomic mass is 9.98. The minimum Gasteiger partial charge on any atom is -0.450 e. The van der Waals surface area contributed by atoms with Crippen LogP contribution in [0.3, 0.4) is 0 Å². The molecule has 0 bridgehead atoms. The molecule has 4 aromatic rings. The van der Waals surface area contributed by atoms with Crippen molar-refractivity contribution in [2.24, 2.45) is 0 Å². The summed E-state index contributed by atoms with van der Waals surface area (Å²) >= 11 is 0. The van der Waals surface area contributed by atoms with Crippen molar-refractivity contribution >= 4 is 22.6 Å². The van der Waals surface area contributed by atoms with E-state index in [1.165, 1.54) is 35.2 Å². The van der Waals surface area contributed by atoms with E-state index in [1.807, 2.05) is 30.3 Å². The molecule has 1 unspecified atom stereocenters. The molecule has 32 heavy (non-hydrogen) atoms. The van der Waals surface area contributed by atoms with E-state index in [2.05, 4.69) is 0 Å². The first-order chi connectivity index (χ1) is 15.4. The minimum absolute atomic E-state index is 0.0324. The Balaban J connectivity index is 1.72. The van der Waals surface area contributed by atoms with Gasteiger partial charge in [0, 0.05) is 18.7 Å². The summed E-state index contributed by atoms with van der Waals surface area (Å²) in [5.74, 6) is -1.17. The minimum atomic E-state index is -0.831. The van der Waals surface area contributed by atoms with Crippen LogP contribution in [0.4, 0.5) is 10.1 Å². The van der Waals surface area contributed by atoms with Crippen LogP contribution in [0.2, 0.25) is 0 Å². The number of halogens is 1. The second-order valence-corrected chi connectivity index (χ2v) is 7.48. The highest BCUT2D eigenvalue weighted by atomic mass is 19.1. The van der Waals surface area contributed by atoms with Gasteiger partial charge in [-0.15, -0.1) is 0 Å². The molecule has 0 fully saturated rings. The average Bonchev–Trinajstić information content (AvgIpc) is 3.07. The molecular weight excluding hydrogens is 415 g/mol. The maximum atomic E-state index is 13.8. The number of nitro benzene ring substituents is 1. The second-order valence-electron chi connectivity index (χ2n) is 7.48. The normalized spacial score (nSPS) is 15.2. The van der Waals surface area contributed by atoms with Gasteiger partial charge in [0.2, 0.25) is 5.76 Å². The highest BCUT2D eigenvalue weighted by Crippen LogP contribution is 2.39. The molecule has 2 heterocycles. The van der Waals surface area contributed by atoms with Crippen molar-refractivity contribution in [3.63, 3.8) is 0 Å². The zero-order chi connectivity index (χ0) is 22.4. The van der Waals surface area contributed by atoms with Gasteiger partial charge < -0.3 is 9.32 Å². The van der Waals surface area contributed by atoms with E-state index in [0.717, 1.165) is 17.7 Å². The Morgan fingerprint density at radius 1 is 1.00 bits per heavy atom. The first kappa shape index (κ1) is 19.6. The van der Waals surface area contributed by atoms with Crippen LogP contribution in [0, 0.1) is 15.9 Å². The van der Waals surface area contributed by atoms with Gasteiger partial charge in [-0.2, -0.15) is 0 Å². The van der Waals surface area contributed by atoms with E-state index in [-0.39, 0.29) is 34.5 Å². The van der Waals surface area contributed by atoms with Crippen LogP contribution >= 0.6 is 0 Å². The lowest BCUT2D eigenvalue weighted by Crippen LogP contribution is -2.29. The average molecular weight is 430 g/mol. The standard InChI is InChI=1S/C24H15FN2O5/c25-16-8-11-19-18(12-16)22(28)20-21(15-6-9-17(10-7-15)27(30)31)26(24(29)23(20)32-19)13-14-4-2-1-3-5-14/h1-12,21H,13H2. The monoisotopic (exact) mass is 430 g/mol. The van der Waals surface area contributed by atoms with Crippen molar-refractivity contribution in [3.8, 4) is 0 Å². The Kier molecular flexibility index (Phi) is 4.55. The molecule has 3 aromatic carbocycles. The smallest absolute Gasteiger partial charge is 0.291 e. The molecule has 8 heteroatoms. The SMILES string of the molecule is O=C1c2oc3ccc(F)cc3c(=O)c2C(c2ccc([N+](=O)[O-])cc2)N1Cc1ccccc1. The van der Waals surface area contributed by atoms with Crippen molar-refractivity contribution in [2.45, 2.75) is 12.6 Å². The molecule has 158 valence electrons. The predicted molar refractivity (Wildman–Crippen MR) is 114 cm³/mol. The van der Waals surface area contributed by atoms with E-state index in [4.69, 9.17) is 4.42 Å². The highest BCUT2D eigenvalue weighted by Gasteiger charge is 2.42. The van der Waals surface area contributed by atoms with Crippen molar-refractivity contribution in [2.75, 3.05) is 0 Å². The summed E-state index contributed by atoms with van der Waals surface area (Å²) in [7, 11) is 0. The van der Waals surface area contributed by atoms with E-state index in [1.54, 1.807) is 0 Å². The van der Waals surface area contributed by atoms with Gasteiger partial charge in [-0.25, -0.2) is 4.39 Å². The molecule has 0 N–H and O–H groups in total. The maximum Gasteiger partial charge on any atom is 0.291 e. The van der Waals surface area contributed by atoms with Gasteiger partial charge in [-0.3, -0.25) is 19.7 Å². The molecule has 0 spiro atoms. The van der Waals surface area contributed by atoms with E-state index < -0.39 is 28.1 Å². The highest BCUT2D eigenvalue weighted by molar-refractivity contribution is 5.99. The third-order valence-electron chi connectivity index (χ3n) is 5.54. The number of rotatable bonds is 4. The zero-order valence-corrected chi connectivity index (χ0v) is 16.5. The summed E-state index contributed by atoms with van der Waals surface area (Å²) < 4.78 is 19.6. The van der Waals surface area contributed by atoms with Gasteiger partial charge >= 0.3 is 0 Å². The van der Waals surface area contributed by atoms with Crippen molar-refractivity contribution in [3.05, 3.63) is 121 Å².